The second-order valence-electron chi connectivity index (χ2n) is 7.05. The van der Waals surface area contributed by atoms with Gasteiger partial charge < -0.3 is 10.2 Å². The number of carbonyl (C=O) groups is 2. The maximum atomic E-state index is 13.0. The lowest BCUT2D eigenvalue weighted by molar-refractivity contribution is -0.110. The molecule has 2 aromatic carbocycles. The normalized spacial score (nSPS) is 16.6. The van der Waals surface area contributed by atoms with E-state index in [1.807, 2.05) is 34.1 Å². The van der Waals surface area contributed by atoms with Crippen molar-refractivity contribution < 1.29 is 9.59 Å². The van der Waals surface area contributed by atoms with Gasteiger partial charge in [-0.05, 0) is 35.7 Å². The van der Waals surface area contributed by atoms with E-state index in [0.29, 0.717) is 30.2 Å². The minimum absolute atomic E-state index is 0.0240. The number of nitrogens with zero attached hydrogens (tertiary/aromatic N) is 3. The minimum Gasteiger partial charge on any atom is -0.330 e. The average molecular weight is 359 g/mol. The number of amidine groups is 2. The molecule has 0 aromatic heterocycles. The van der Waals surface area contributed by atoms with Gasteiger partial charge in [0.1, 0.15) is 5.69 Å². The van der Waals surface area contributed by atoms with E-state index < -0.39 is 0 Å². The lowest BCUT2D eigenvalue weighted by atomic mass is 10.1. The standard InChI is InChI=1S/C21H18N4O2/c1-2-5-18-23-19-20(26)22-16-10-13(8-9-17(16)25(18)19)21(27)24-11-14-6-3-4-7-15(14)12-24/h3-4,6-10H,2,5,11-12H2,1H3/p+1. The zero-order valence-corrected chi connectivity index (χ0v) is 15.0. The molecule has 2 amide bonds. The molecule has 1 N–H and O–H groups in total. The second-order valence-corrected chi connectivity index (χ2v) is 7.05. The number of carbonyl (C=O) groups excluding carboxylic acids is 2. The molecular weight excluding hydrogens is 340 g/mol. The Bertz CT molecular complexity index is 1040. The highest BCUT2D eigenvalue weighted by Crippen LogP contribution is 2.34. The molecule has 6 heteroatoms. The van der Waals surface area contributed by atoms with Crippen molar-refractivity contribution in [2.24, 2.45) is 0 Å². The first-order valence-corrected chi connectivity index (χ1v) is 9.22. The van der Waals surface area contributed by atoms with Crippen LogP contribution in [-0.2, 0) is 17.9 Å². The Balaban J connectivity index is 1.43. The van der Waals surface area contributed by atoms with Crippen LogP contribution in [0.1, 0.15) is 41.3 Å². The summed E-state index contributed by atoms with van der Waals surface area (Å²) in [5.41, 5.74) is 4.51. The zero-order chi connectivity index (χ0) is 18.5. The zero-order valence-electron chi connectivity index (χ0n) is 15.0. The summed E-state index contributed by atoms with van der Waals surface area (Å²) in [6.45, 7) is 3.33. The third kappa shape index (κ3) is 2.38. The average Bonchev–Trinajstić information content (AvgIpc) is 3.09. The number of rotatable bonds is 3. The van der Waals surface area contributed by atoms with Crippen LogP contribution in [0, 0.1) is 0 Å². The van der Waals surface area contributed by atoms with Crippen LogP contribution in [0.25, 0.3) is 0 Å². The van der Waals surface area contributed by atoms with E-state index in [1.165, 1.54) is 11.1 Å². The number of nitrogens with one attached hydrogen (secondary N) is 1. The molecule has 0 spiro atoms. The Kier molecular flexibility index (Phi) is 3.42. The molecule has 27 heavy (non-hydrogen) atoms. The summed E-state index contributed by atoms with van der Waals surface area (Å²) in [5, 5.41) is 2.86. The van der Waals surface area contributed by atoms with E-state index >= 15 is 0 Å². The van der Waals surface area contributed by atoms with Crippen LogP contribution >= 0.6 is 0 Å². The van der Waals surface area contributed by atoms with Gasteiger partial charge in [0.05, 0.1) is 5.69 Å². The Morgan fingerprint density at radius 3 is 2.59 bits per heavy atom. The molecule has 0 saturated heterocycles. The van der Waals surface area contributed by atoms with Crippen molar-refractivity contribution in [3.05, 3.63) is 59.2 Å². The second kappa shape index (κ2) is 5.83. The number of hydrogen-bond donors (Lipinski definition) is 1. The highest BCUT2D eigenvalue weighted by molar-refractivity contribution is 6.56. The molecule has 0 aliphatic carbocycles. The number of benzene rings is 2. The molecule has 3 heterocycles. The first-order valence-electron chi connectivity index (χ1n) is 9.22. The van der Waals surface area contributed by atoms with Crippen LogP contribution in [0.3, 0.4) is 0 Å². The number of fused-ring (bicyclic) bond motifs is 4. The van der Waals surface area contributed by atoms with Gasteiger partial charge in [0.25, 0.3) is 5.91 Å². The van der Waals surface area contributed by atoms with E-state index in [0.717, 1.165) is 24.4 Å². The SMILES string of the molecule is CCCC1=[N+]=C2C(=O)Nc3cc(C(=O)N4Cc5ccccc5C4)ccc3N12. The highest BCUT2D eigenvalue weighted by Gasteiger charge is 2.45. The molecule has 0 saturated carbocycles. The molecule has 134 valence electrons. The quantitative estimate of drug-likeness (QED) is 0.855. The van der Waals surface area contributed by atoms with Crippen molar-refractivity contribution in [3.63, 3.8) is 0 Å². The fraction of sp³-hybridized carbons (Fsp3) is 0.238. The molecule has 3 aliphatic heterocycles. The van der Waals surface area contributed by atoms with Gasteiger partial charge in [-0.25, -0.2) is 4.67 Å². The van der Waals surface area contributed by atoms with E-state index in [1.54, 1.807) is 6.07 Å². The summed E-state index contributed by atoms with van der Waals surface area (Å²) in [5.74, 6) is 1.09. The largest absolute Gasteiger partial charge is 0.389 e. The van der Waals surface area contributed by atoms with Gasteiger partial charge in [-0.1, -0.05) is 31.2 Å². The van der Waals surface area contributed by atoms with E-state index in [-0.39, 0.29) is 11.8 Å². The molecule has 6 nitrogen and oxygen atoms in total. The summed E-state index contributed by atoms with van der Waals surface area (Å²) in [6.07, 6.45) is 1.79. The van der Waals surface area contributed by atoms with Crippen LogP contribution < -0.4 is 14.9 Å². The van der Waals surface area contributed by atoms with Gasteiger partial charge in [0, 0.05) is 25.1 Å². The Labute approximate surface area is 156 Å². The van der Waals surface area contributed by atoms with Crippen molar-refractivity contribution in [3.8, 4) is 0 Å². The molecule has 0 bridgehead atoms. The Morgan fingerprint density at radius 2 is 1.89 bits per heavy atom. The summed E-state index contributed by atoms with van der Waals surface area (Å²) in [6, 6.07) is 13.6. The monoisotopic (exact) mass is 359 g/mol. The van der Waals surface area contributed by atoms with E-state index in [2.05, 4.69) is 29.0 Å². The predicted molar refractivity (Wildman–Crippen MR) is 105 cm³/mol. The van der Waals surface area contributed by atoms with Crippen molar-refractivity contribution in [1.29, 1.82) is 0 Å². The van der Waals surface area contributed by atoms with Crippen molar-refractivity contribution >= 4 is 34.9 Å². The third-order valence-corrected chi connectivity index (χ3v) is 5.24. The topological polar surface area (TPSA) is 66.8 Å². The van der Waals surface area contributed by atoms with Crippen LogP contribution in [0.2, 0.25) is 0 Å². The molecule has 5 rings (SSSR count). The van der Waals surface area contributed by atoms with Gasteiger partial charge in [0.2, 0.25) is 0 Å². The first-order chi connectivity index (χ1) is 13.2. The van der Waals surface area contributed by atoms with Gasteiger partial charge in [0.15, 0.2) is 0 Å². The van der Waals surface area contributed by atoms with Crippen LogP contribution in [0.4, 0.5) is 11.4 Å². The smallest absolute Gasteiger partial charge is 0.330 e. The van der Waals surface area contributed by atoms with Crippen LogP contribution in [0.5, 0.6) is 0 Å². The fourth-order valence-corrected chi connectivity index (χ4v) is 3.90. The van der Waals surface area contributed by atoms with Crippen molar-refractivity contribution in [2.75, 3.05) is 10.2 Å². The molecule has 0 radical (unpaired) electrons. The predicted octanol–water partition coefficient (Wildman–Crippen LogP) is 2.28. The molecular formula is C21H19N4O2+. The lowest BCUT2D eigenvalue weighted by Gasteiger charge is -2.28. The Morgan fingerprint density at radius 1 is 1.15 bits per heavy atom. The summed E-state index contributed by atoms with van der Waals surface area (Å²) in [7, 11) is 0. The fourth-order valence-electron chi connectivity index (χ4n) is 3.90. The molecule has 3 aliphatic rings. The van der Waals surface area contributed by atoms with E-state index in [4.69, 9.17) is 0 Å². The maximum absolute atomic E-state index is 13.0. The lowest BCUT2D eigenvalue weighted by Crippen LogP contribution is -2.56. The molecule has 0 unspecified atom stereocenters. The Hall–Kier alpha value is -3.37. The summed E-state index contributed by atoms with van der Waals surface area (Å²) in [4.78, 5) is 29.0. The molecule has 0 fully saturated rings. The van der Waals surface area contributed by atoms with Crippen molar-refractivity contribution in [1.82, 2.24) is 9.57 Å². The number of anilines is 2. The third-order valence-electron chi connectivity index (χ3n) is 5.24. The number of hydrogen-bond acceptors (Lipinski definition) is 3. The highest BCUT2D eigenvalue weighted by atomic mass is 16.2. The molecule has 2 aromatic rings. The first kappa shape index (κ1) is 15.9. The summed E-state index contributed by atoms with van der Waals surface area (Å²) < 4.78 is 4.33. The minimum atomic E-state index is -0.222. The van der Waals surface area contributed by atoms with E-state index in [9.17, 15) is 9.59 Å². The maximum Gasteiger partial charge on any atom is 0.389 e. The van der Waals surface area contributed by atoms with Crippen molar-refractivity contribution in [2.45, 2.75) is 32.9 Å². The van der Waals surface area contributed by atoms with Gasteiger partial charge in [-0.2, -0.15) is 4.90 Å². The summed E-state index contributed by atoms with van der Waals surface area (Å²) >= 11 is 0. The van der Waals surface area contributed by atoms with Gasteiger partial charge in [-0.15, -0.1) is 0 Å². The molecule has 0 atom stereocenters. The van der Waals surface area contributed by atoms with Crippen LogP contribution in [-0.4, -0.2) is 28.4 Å². The van der Waals surface area contributed by atoms with Gasteiger partial charge >= 0.3 is 17.6 Å². The van der Waals surface area contributed by atoms with Crippen LogP contribution in [0.15, 0.2) is 42.5 Å². The van der Waals surface area contributed by atoms with Gasteiger partial charge in [-0.3, -0.25) is 9.59 Å². The number of amides is 2.